The Kier molecular flexibility index (Phi) is 8.34. The van der Waals surface area contributed by atoms with E-state index in [9.17, 15) is 9.59 Å². The molecule has 2 aromatic rings. The molecule has 27 heavy (non-hydrogen) atoms. The van der Waals surface area contributed by atoms with Gasteiger partial charge in [-0.05, 0) is 36.6 Å². The topological polar surface area (TPSA) is 49.4 Å². The number of carbonyl (C=O) groups excluding carboxylic acids is 2. The zero-order valence-corrected chi connectivity index (χ0v) is 16.7. The van der Waals surface area contributed by atoms with Gasteiger partial charge in [0.25, 0.3) is 0 Å². The molecule has 0 aliphatic carbocycles. The van der Waals surface area contributed by atoms with E-state index in [0.717, 1.165) is 24.0 Å². The van der Waals surface area contributed by atoms with Gasteiger partial charge in [0.15, 0.2) is 0 Å². The minimum absolute atomic E-state index is 0.0979. The highest BCUT2D eigenvalue weighted by molar-refractivity contribution is 6.30. The second kappa shape index (κ2) is 10.7. The Labute approximate surface area is 166 Å². The van der Waals surface area contributed by atoms with E-state index in [2.05, 4.69) is 12.2 Å². The molecule has 0 saturated carbocycles. The Morgan fingerprint density at radius 3 is 2.44 bits per heavy atom. The van der Waals surface area contributed by atoms with Crippen LogP contribution in [0.25, 0.3) is 0 Å². The summed E-state index contributed by atoms with van der Waals surface area (Å²) < 4.78 is 0. The van der Waals surface area contributed by atoms with Crippen LogP contribution in [0.15, 0.2) is 54.6 Å². The van der Waals surface area contributed by atoms with Gasteiger partial charge in [-0.2, -0.15) is 0 Å². The van der Waals surface area contributed by atoms with Gasteiger partial charge < -0.3 is 10.2 Å². The highest BCUT2D eigenvalue weighted by atomic mass is 35.5. The Bertz CT molecular complexity index is 749. The van der Waals surface area contributed by atoms with Crippen molar-refractivity contribution in [1.29, 1.82) is 0 Å². The van der Waals surface area contributed by atoms with E-state index in [1.165, 1.54) is 0 Å². The van der Waals surface area contributed by atoms with Crippen molar-refractivity contribution in [2.75, 3.05) is 6.54 Å². The van der Waals surface area contributed by atoms with E-state index in [1.54, 1.807) is 24.0 Å². The van der Waals surface area contributed by atoms with Crippen LogP contribution in [0.1, 0.15) is 37.8 Å². The number of nitrogens with one attached hydrogen (secondary N) is 1. The zero-order valence-electron chi connectivity index (χ0n) is 16.0. The summed E-state index contributed by atoms with van der Waals surface area (Å²) in [5.74, 6) is -0.224. The molecule has 1 atom stereocenters. The minimum atomic E-state index is -0.547. The van der Waals surface area contributed by atoms with Crippen molar-refractivity contribution in [2.45, 2.75) is 45.7 Å². The van der Waals surface area contributed by atoms with E-state index < -0.39 is 6.04 Å². The number of benzene rings is 2. The number of rotatable bonds is 9. The van der Waals surface area contributed by atoms with Gasteiger partial charge in [-0.1, -0.05) is 67.4 Å². The molecule has 0 saturated heterocycles. The molecule has 2 amide bonds. The zero-order chi connectivity index (χ0) is 19.6. The van der Waals surface area contributed by atoms with E-state index in [4.69, 9.17) is 11.6 Å². The molecular weight excluding hydrogens is 360 g/mol. The van der Waals surface area contributed by atoms with Gasteiger partial charge in [0.2, 0.25) is 11.8 Å². The maximum absolute atomic E-state index is 13.0. The molecule has 0 unspecified atom stereocenters. The molecular formula is C22H27ClN2O2. The largest absolute Gasteiger partial charge is 0.354 e. The van der Waals surface area contributed by atoms with Crippen molar-refractivity contribution < 1.29 is 9.59 Å². The Morgan fingerprint density at radius 1 is 1.07 bits per heavy atom. The van der Waals surface area contributed by atoms with E-state index in [0.29, 0.717) is 18.1 Å². The van der Waals surface area contributed by atoms with Crippen molar-refractivity contribution in [3.05, 3.63) is 70.7 Å². The molecule has 5 heteroatoms. The summed E-state index contributed by atoms with van der Waals surface area (Å²) in [4.78, 5) is 27.2. The number of carbonyl (C=O) groups is 2. The second-order valence-electron chi connectivity index (χ2n) is 6.63. The molecule has 0 radical (unpaired) electrons. The monoisotopic (exact) mass is 386 g/mol. The molecule has 4 nitrogen and oxygen atoms in total. The van der Waals surface area contributed by atoms with Crippen LogP contribution in [0.2, 0.25) is 5.02 Å². The average molecular weight is 387 g/mol. The Morgan fingerprint density at radius 2 is 1.78 bits per heavy atom. The van der Waals surface area contributed by atoms with Gasteiger partial charge in [-0.3, -0.25) is 9.59 Å². The third-order valence-electron chi connectivity index (χ3n) is 4.44. The Hall–Kier alpha value is -2.33. The van der Waals surface area contributed by atoms with Crippen LogP contribution < -0.4 is 5.32 Å². The quantitative estimate of drug-likeness (QED) is 0.656. The molecule has 0 aliphatic rings. The highest BCUT2D eigenvalue weighted by Gasteiger charge is 2.26. The number of unbranched alkanes of at least 4 members (excludes halogenated alkanes) is 1. The van der Waals surface area contributed by atoms with Crippen LogP contribution in [0.5, 0.6) is 0 Å². The van der Waals surface area contributed by atoms with Crippen molar-refractivity contribution in [1.82, 2.24) is 10.2 Å². The summed E-state index contributed by atoms with van der Waals surface area (Å²) in [5, 5.41) is 3.52. The lowest BCUT2D eigenvalue weighted by atomic mass is 10.1. The third kappa shape index (κ3) is 6.72. The predicted molar refractivity (Wildman–Crippen MR) is 110 cm³/mol. The number of hydrogen-bond acceptors (Lipinski definition) is 2. The first-order chi connectivity index (χ1) is 13.0. The first kappa shape index (κ1) is 21.0. The second-order valence-corrected chi connectivity index (χ2v) is 7.07. The maximum Gasteiger partial charge on any atom is 0.242 e. The van der Waals surface area contributed by atoms with E-state index >= 15 is 0 Å². The van der Waals surface area contributed by atoms with Gasteiger partial charge in [0, 0.05) is 18.1 Å². The lowest BCUT2D eigenvalue weighted by Crippen LogP contribution is -2.48. The molecule has 0 spiro atoms. The summed E-state index contributed by atoms with van der Waals surface area (Å²) in [6.45, 7) is 4.87. The smallest absolute Gasteiger partial charge is 0.242 e. The predicted octanol–water partition coefficient (Wildman–Crippen LogP) is 4.22. The molecule has 2 rings (SSSR count). The third-order valence-corrected chi connectivity index (χ3v) is 4.67. The first-order valence-electron chi connectivity index (χ1n) is 9.36. The fraction of sp³-hybridized carbons (Fsp3) is 0.364. The summed E-state index contributed by atoms with van der Waals surface area (Å²) >= 11 is 6.03. The number of hydrogen-bond donors (Lipinski definition) is 1. The van der Waals surface area contributed by atoms with Gasteiger partial charge in [0.1, 0.15) is 6.04 Å². The summed E-state index contributed by atoms with van der Waals surface area (Å²) in [6, 6.07) is 16.4. The van der Waals surface area contributed by atoms with Gasteiger partial charge in [-0.15, -0.1) is 0 Å². The van der Waals surface area contributed by atoms with Crippen LogP contribution in [0, 0.1) is 0 Å². The van der Waals surface area contributed by atoms with E-state index in [1.807, 2.05) is 42.5 Å². The van der Waals surface area contributed by atoms with Gasteiger partial charge in [0.05, 0.1) is 6.42 Å². The normalized spacial score (nSPS) is 11.7. The summed E-state index contributed by atoms with van der Waals surface area (Å²) in [7, 11) is 0. The van der Waals surface area contributed by atoms with Crippen molar-refractivity contribution in [3.63, 3.8) is 0 Å². The summed E-state index contributed by atoms with van der Waals surface area (Å²) in [6.07, 6.45) is 2.14. The number of amides is 2. The average Bonchev–Trinajstić information content (AvgIpc) is 2.66. The van der Waals surface area contributed by atoms with E-state index in [-0.39, 0.29) is 18.2 Å². The van der Waals surface area contributed by atoms with Crippen LogP contribution in [-0.2, 0) is 22.6 Å². The number of nitrogens with zero attached hydrogens (tertiary/aromatic N) is 1. The van der Waals surface area contributed by atoms with Gasteiger partial charge >= 0.3 is 0 Å². The van der Waals surface area contributed by atoms with Gasteiger partial charge in [-0.25, -0.2) is 0 Å². The molecule has 0 heterocycles. The SMILES string of the molecule is CCCCNC(=O)[C@H](C)N(Cc1ccccc1)C(=O)Cc1cccc(Cl)c1. The fourth-order valence-corrected chi connectivity index (χ4v) is 3.03. The van der Waals surface area contributed by atoms with Crippen LogP contribution in [-0.4, -0.2) is 29.3 Å². The molecule has 144 valence electrons. The lowest BCUT2D eigenvalue weighted by Gasteiger charge is -2.29. The lowest BCUT2D eigenvalue weighted by molar-refractivity contribution is -0.140. The van der Waals surface area contributed by atoms with Crippen molar-refractivity contribution >= 4 is 23.4 Å². The highest BCUT2D eigenvalue weighted by Crippen LogP contribution is 2.15. The molecule has 0 aromatic heterocycles. The van der Waals surface area contributed by atoms with Crippen molar-refractivity contribution in [2.24, 2.45) is 0 Å². The summed E-state index contributed by atoms with van der Waals surface area (Å²) in [5.41, 5.74) is 1.83. The van der Waals surface area contributed by atoms with Crippen molar-refractivity contribution in [3.8, 4) is 0 Å². The molecule has 0 aliphatic heterocycles. The molecule has 1 N–H and O–H groups in total. The van der Waals surface area contributed by atoms with Crippen LogP contribution in [0.3, 0.4) is 0 Å². The maximum atomic E-state index is 13.0. The Balaban J connectivity index is 2.15. The number of halogens is 1. The first-order valence-corrected chi connectivity index (χ1v) is 9.74. The minimum Gasteiger partial charge on any atom is -0.354 e. The molecule has 2 aromatic carbocycles. The van der Waals surface area contributed by atoms with Crippen LogP contribution >= 0.6 is 11.6 Å². The van der Waals surface area contributed by atoms with Crippen LogP contribution in [0.4, 0.5) is 0 Å². The molecule has 0 bridgehead atoms. The standard InChI is InChI=1S/C22H27ClN2O2/c1-3-4-13-24-22(27)17(2)25(16-18-9-6-5-7-10-18)21(26)15-19-11-8-12-20(23)14-19/h5-12,14,17H,3-4,13,15-16H2,1-2H3,(H,24,27)/t17-/m0/s1. The molecule has 0 fully saturated rings. The fourth-order valence-electron chi connectivity index (χ4n) is 2.82.